The minimum absolute atomic E-state index is 0.0764. The maximum Gasteiger partial charge on any atom is 0.141 e. The van der Waals surface area contributed by atoms with E-state index in [2.05, 4.69) is 36.2 Å². The molecule has 0 radical (unpaired) electrons. The summed E-state index contributed by atoms with van der Waals surface area (Å²) in [6.45, 7) is 7.31. The van der Waals surface area contributed by atoms with Gasteiger partial charge in [0.25, 0.3) is 0 Å². The SMILES string of the molecule is CC1CCCC(CCl)(NCc2ncnn2C(C)C)C1. The monoisotopic (exact) mass is 284 g/mol. The van der Waals surface area contributed by atoms with E-state index in [1.54, 1.807) is 6.33 Å². The first-order valence-corrected chi connectivity index (χ1v) is 7.79. The summed E-state index contributed by atoms with van der Waals surface area (Å²) in [6.07, 6.45) is 6.54. The first-order chi connectivity index (χ1) is 9.06. The topological polar surface area (TPSA) is 42.7 Å². The summed E-state index contributed by atoms with van der Waals surface area (Å²) in [5, 5.41) is 7.93. The lowest BCUT2D eigenvalue weighted by molar-refractivity contribution is 0.205. The Balaban J connectivity index is 2.01. The van der Waals surface area contributed by atoms with Crippen LogP contribution in [0.15, 0.2) is 6.33 Å². The fraction of sp³-hybridized carbons (Fsp3) is 0.857. The van der Waals surface area contributed by atoms with Gasteiger partial charge in [-0.2, -0.15) is 5.10 Å². The summed E-state index contributed by atoms with van der Waals surface area (Å²) in [5.74, 6) is 2.42. The highest BCUT2D eigenvalue weighted by molar-refractivity contribution is 6.18. The van der Waals surface area contributed by atoms with Gasteiger partial charge in [0.1, 0.15) is 12.2 Å². The number of hydrogen-bond donors (Lipinski definition) is 1. The fourth-order valence-corrected chi connectivity index (χ4v) is 3.42. The zero-order valence-corrected chi connectivity index (χ0v) is 13.0. The Labute approximate surface area is 120 Å². The molecule has 1 aromatic heterocycles. The van der Waals surface area contributed by atoms with Crippen LogP contribution < -0.4 is 5.32 Å². The van der Waals surface area contributed by atoms with Crippen molar-refractivity contribution in [3.8, 4) is 0 Å². The quantitative estimate of drug-likeness (QED) is 0.845. The fourth-order valence-electron chi connectivity index (χ4n) is 3.09. The van der Waals surface area contributed by atoms with E-state index in [1.807, 2.05) is 4.68 Å². The number of aromatic nitrogens is 3. The van der Waals surface area contributed by atoms with Crippen LogP contribution in [0.3, 0.4) is 0 Å². The molecule has 0 saturated heterocycles. The Morgan fingerprint density at radius 1 is 1.58 bits per heavy atom. The molecule has 19 heavy (non-hydrogen) atoms. The van der Waals surface area contributed by atoms with Crippen LogP contribution in [-0.2, 0) is 6.54 Å². The van der Waals surface area contributed by atoms with Crippen LogP contribution in [0.5, 0.6) is 0 Å². The van der Waals surface area contributed by atoms with Gasteiger partial charge >= 0.3 is 0 Å². The third-order valence-corrected chi connectivity index (χ3v) is 4.62. The van der Waals surface area contributed by atoms with Crippen LogP contribution in [-0.4, -0.2) is 26.2 Å². The second-order valence-corrected chi connectivity index (χ2v) is 6.45. The van der Waals surface area contributed by atoms with E-state index in [0.29, 0.717) is 11.9 Å². The second-order valence-electron chi connectivity index (χ2n) is 6.18. The van der Waals surface area contributed by atoms with E-state index in [1.165, 1.54) is 12.8 Å². The molecule has 1 fully saturated rings. The highest BCUT2D eigenvalue weighted by Gasteiger charge is 2.34. The van der Waals surface area contributed by atoms with Crippen LogP contribution in [0.4, 0.5) is 0 Å². The number of nitrogens with one attached hydrogen (secondary N) is 1. The summed E-state index contributed by atoms with van der Waals surface area (Å²) in [4.78, 5) is 4.35. The molecule has 1 heterocycles. The van der Waals surface area contributed by atoms with E-state index < -0.39 is 0 Å². The van der Waals surface area contributed by atoms with Gasteiger partial charge in [0.2, 0.25) is 0 Å². The molecule has 2 unspecified atom stereocenters. The van der Waals surface area contributed by atoms with Crippen molar-refractivity contribution in [2.75, 3.05) is 5.88 Å². The molecule has 1 aromatic rings. The molecule has 108 valence electrons. The van der Waals surface area contributed by atoms with Crippen LogP contribution >= 0.6 is 11.6 Å². The van der Waals surface area contributed by atoms with E-state index in [-0.39, 0.29) is 5.54 Å². The Bertz CT molecular complexity index is 404. The number of rotatable bonds is 5. The molecule has 0 bridgehead atoms. The molecule has 1 N–H and O–H groups in total. The molecule has 5 heteroatoms. The van der Waals surface area contributed by atoms with E-state index >= 15 is 0 Å². The molecule has 4 nitrogen and oxygen atoms in total. The van der Waals surface area contributed by atoms with Crippen molar-refractivity contribution in [3.05, 3.63) is 12.2 Å². The predicted octanol–water partition coefficient (Wildman–Crippen LogP) is 3.14. The maximum absolute atomic E-state index is 6.24. The zero-order chi connectivity index (χ0) is 13.9. The first kappa shape index (κ1) is 14.8. The Kier molecular flexibility index (Phi) is 4.85. The number of halogens is 1. The molecule has 1 aliphatic carbocycles. The molecule has 0 amide bonds. The van der Waals surface area contributed by atoms with Crippen molar-refractivity contribution >= 4 is 11.6 Å². The molecule has 0 spiro atoms. The van der Waals surface area contributed by atoms with E-state index in [4.69, 9.17) is 11.6 Å². The van der Waals surface area contributed by atoms with Gasteiger partial charge in [-0.15, -0.1) is 11.6 Å². The second kappa shape index (κ2) is 6.23. The molecule has 2 atom stereocenters. The van der Waals surface area contributed by atoms with Crippen LogP contribution in [0.25, 0.3) is 0 Å². The average molecular weight is 285 g/mol. The lowest BCUT2D eigenvalue weighted by Gasteiger charge is -2.39. The highest BCUT2D eigenvalue weighted by atomic mass is 35.5. The van der Waals surface area contributed by atoms with Gasteiger partial charge in [-0.3, -0.25) is 0 Å². The van der Waals surface area contributed by atoms with Crippen LogP contribution in [0.1, 0.15) is 58.3 Å². The van der Waals surface area contributed by atoms with Crippen LogP contribution in [0.2, 0.25) is 0 Å². The molecule has 0 aromatic carbocycles. The summed E-state index contributed by atoms with van der Waals surface area (Å²) in [5.41, 5.74) is 0.0764. The third-order valence-electron chi connectivity index (χ3n) is 4.11. The highest BCUT2D eigenvalue weighted by Crippen LogP contribution is 2.33. The molecule has 2 rings (SSSR count). The Morgan fingerprint density at radius 3 is 3.00 bits per heavy atom. The molecule has 0 aliphatic heterocycles. The van der Waals surface area contributed by atoms with Gasteiger partial charge in [-0.1, -0.05) is 19.8 Å². The third kappa shape index (κ3) is 3.48. The summed E-state index contributed by atoms with van der Waals surface area (Å²) < 4.78 is 1.97. The van der Waals surface area contributed by atoms with Crippen molar-refractivity contribution in [2.24, 2.45) is 5.92 Å². The molecular formula is C14H25ClN4. The zero-order valence-electron chi connectivity index (χ0n) is 12.2. The number of nitrogens with zero attached hydrogens (tertiary/aromatic N) is 3. The average Bonchev–Trinajstić information content (AvgIpc) is 2.85. The minimum atomic E-state index is 0.0764. The summed E-state index contributed by atoms with van der Waals surface area (Å²) >= 11 is 6.24. The largest absolute Gasteiger partial charge is 0.303 e. The predicted molar refractivity (Wildman–Crippen MR) is 78.3 cm³/mol. The molecule has 1 saturated carbocycles. The summed E-state index contributed by atoms with van der Waals surface area (Å²) in [7, 11) is 0. The first-order valence-electron chi connectivity index (χ1n) is 7.26. The van der Waals surface area contributed by atoms with Gasteiger partial charge in [-0.25, -0.2) is 9.67 Å². The van der Waals surface area contributed by atoms with Crippen molar-refractivity contribution in [1.82, 2.24) is 20.1 Å². The normalized spacial score (nSPS) is 27.9. The van der Waals surface area contributed by atoms with E-state index in [0.717, 1.165) is 31.1 Å². The molecule has 1 aliphatic rings. The standard InChI is InChI=1S/C14H25ClN4/c1-11(2)19-13(16-10-18-19)8-17-14(9-15)6-4-5-12(3)7-14/h10-12,17H,4-9H2,1-3H3. The lowest BCUT2D eigenvalue weighted by Crippen LogP contribution is -2.50. The minimum Gasteiger partial charge on any atom is -0.303 e. The van der Waals surface area contributed by atoms with Gasteiger partial charge in [0.05, 0.1) is 6.54 Å². The van der Waals surface area contributed by atoms with Crippen molar-refractivity contribution in [2.45, 2.75) is 64.6 Å². The lowest BCUT2D eigenvalue weighted by atomic mass is 9.77. The Morgan fingerprint density at radius 2 is 2.37 bits per heavy atom. The van der Waals surface area contributed by atoms with Crippen LogP contribution in [0, 0.1) is 5.92 Å². The number of hydrogen-bond acceptors (Lipinski definition) is 3. The van der Waals surface area contributed by atoms with Gasteiger partial charge in [-0.05, 0) is 32.6 Å². The Hall–Kier alpha value is -0.610. The maximum atomic E-state index is 6.24. The van der Waals surface area contributed by atoms with Crippen molar-refractivity contribution < 1.29 is 0 Å². The van der Waals surface area contributed by atoms with Gasteiger partial charge < -0.3 is 5.32 Å². The van der Waals surface area contributed by atoms with Gasteiger partial charge in [0, 0.05) is 17.5 Å². The number of alkyl halides is 1. The van der Waals surface area contributed by atoms with Crippen molar-refractivity contribution in [1.29, 1.82) is 0 Å². The smallest absolute Gasteiger partial charge is 0.141 e. The molecular weight excluding hydrogens is 260 g/mol. The van der Waals surface area contributed by atoms with E-state index in [9.17, 15) is 0 Å². The van der Waals surface area contributed by atoms with Crippen molar-refractivity contribution in [3.63, 3.8) is 0 Å². The summed E-state index contributed by atoms with van der Waals surface area (Å²) in [6, 6.07) is 0.344. The van der Waals surface area contributed by atoms with Gasteiger partial charge in [0.15, 0.2) is 0 Å².